The van der Waals surface area contributed by atoms with E-state index in [0.717, 1.165) is 23.4 Å². The van der Waals surface area contributed by atoms with Gasteiger partial charge in [0.1, 0.15) is 12.4 Å². The van der Waals surface area contributed by atoms with Crippen molar-refractivity contribution < 1.29 is 4.74 Å². The van der Waals surface area contributed by atoms with Crippen LogP contribution < -0.4 is 10.1 Å². The van der Waals surface area contributed by atoms with Crippen LogP contribution in [0.5, 0.6) is 5.75 Å². The Labute approximate surface area is 130 Å². The second-order valence-electron chi connectivity index (χ2n) is 4.85. The summed E-state index contributed by atoms with van der Waals surface area (Å²) < 4.78 is 5.88. The van der Waals surface area contributed by atoms with Crippen molar-refractivity contribution in [2.45, 2.75) is 20.1 Å². The summed E-state index contributed by atoms with van der Waals surface area (Å²) in [6, 6.07) is 13.4. The molecule has 0 heterocycles. The molecule has 0 unspecified atom stereocenters. The molecule has 0 atom stereocenters. The highest BCUT2D eigenvalue weighted by molar-refractivity contribution is 6.31. The number of aryl methyl sites for hydroxylation is 1. The van der Waals surface area contributed by atoms with Crippen molar-refractivity contribution in [2.24, 2.45) is 0 Å². The molecule has 0 bridgehead atoms. The molecule has 0 aliphatic rings. The Balaban J connectivity index is 2.15. The normalized spacial score (nSPS) is 10.2. The zero-order valence-corrected chi connectivity index (χ0v) is 12.9. The number of benzene rings is 2. The maximum Gasteiger partial charge on any atom is 0.124 e. The molecule has 2 aromatic carbocycles. The number of halogens is 1. The van der Waals surface area contributed by atoms with Crippen LogP contribution in [-0.2, 0) is 13.2 Å². The largest absolute Gasteiger partial charge is 0.489 e. The van der Waals surface area contributed by atoms with Crippen molar-refractivity contribution in [1.29, 1.82) is 5.26 Å². The van der Waals surface area contributed by atoms with Crippen LogP contribution in [-0.4, -0.2) is 7.05 Å². The van der Waals surface area contributed by atoms with Crippen molar-refractivity contribution in [3.63, 3.8) is 0 Å². The monoisotopic (exact) mass is 300 g/mol. The Morgan fingerprint density at radius 3 is 2.67 bits per heavy atom. The third-order valence-corrected chi connectivity index (χ3v) is 3.50. The molecule has 2 rings (SSSR count). The van der Waals surface area contributed by atoms with E-state index in [1.54, 1.807) is 12.1 Å². The summed E-state index contributed by atoms with van der Waals surface area (Å²) in [4.78, 5) is 0. The van der Waals surface area contributed by atoms with Gasteiger partial charge in [-0.2, -0.15) is 5.26 Å². The zero-order chi connectivity index (χ0) is 15.2. The third-order valence-electron chi connectivity index (χ3n) is 3.15. The summed E-state index contributed by atoms with van der Waals surface area (Å²) in [5.41, 5.74) is 3.73. The van der Waals surface area contributed by atoms with E-state index in [-0.39, 0.29) is 0 Å². The van der Waals surface area contributed by atoms with Gasteiger partial charge in [-0.15, -0.1) is 0 Å². The van der Waals surface area contributed by atoms with Crippen molar-refractivity contribution in [3.8, 4) is 11.8 Å². The fourth-order valence-electron chi connectivity index (χ4n) is 2.07. The van der Waals surface area contributed by atoms with Gasteiger partial charge < -0.3 is 10.1 Å². The maximum atomic E-state index is 8.84. The SMILES string of the molecule is CNCc1cc(C)ccc1OCc1ccc(C#N)cc1Cl. The van der Waals surface area contributed by atoms with E-state index in [2.05, 4.69) is 24.4 Å². The van der Waals surface area contributed by atoms with Crippen LogP contribution in [0.2, 0.25) is 5.02 Å². The molecule has 21 heavy (non-hydrogen) atoms. The first-order valence-corrected chi connectivity index (χ1v) is 7.07. The minimum absolute atomic E-state index is 0.379. The molecule has 108 valence electrons. The summed E-state index contributed by atoms with van der Waals surface area (Å²) >= 11 is 6.16. The molecule has 0 fully saturated rings. The molecule has 0 spiro atoms. The lowest BCUT2D eigenvalue weighted by Gasteiger charge is -2.13. The number of ether oxygens (including phenoxy) is 1. The van der Waals surface area contributed by atoms with Gasteiger partial charge in [-0.25, -0.2) is 0 Å². The number of nitrogens with zero attached hydrogens (tertiary/aromatic N) is 1. The van der Waals surface area contributed by atoms with Gasteiger partial charge in [0.15, 0.2) is 0 Å². The smallest absolute Gasteiger partial charge is 0.124 e. The van der Waals surface area contributed by atoms with Crippen LogP contribution in [0.1, 0.15) is 22.3 Å². The van der Waals surface area contributed by atoms with E-state index in [1.807, 2.05) is 25.2 Å². The van der Waals surface area contributed by atoms with Gasteiger partial charge in [0.05, 0.1) is 11.6 Å². The Morgan fingerprint density at radius 2 is 2.00 bits per heavy atom. The van der Waals surface area contributed by atoms with Crippen LogP contribution in [0, 0.1) is 18.3 Å². The molecule has 4 heteroatoms. The molecule has 2 aromatic rings. The maximum absolute atomic E-state index is 8.84. The van der Waals surface area contributed by atoms with Crippen molar-refractivity contribution in [1.82, 2.24) is 5.32 Å². The number of rotatable bonds is 5. The standard InChI is InChI=1S/C17H17ClN2O/c1-12-3-6-17(15(7-12)10-20-2)21-11-14-5-4-13(9-19)8-16(14)18/h3-8,20H,10-11H2,1-2H3. The third kappa shape index (κ3) is 3.98. The quantitative estimate of drug-likeness (QED) is 0.913. The van der Waals surface area contributed by atoms with Gasteiger partial charge in [-0.05, 0) is 32.2 Å². The van der Waals surface area contributed by atoms with Crippen LogP contribution >= 0.6 is 11.6 Å². The lowest BCUT2D eigenvalue weighted by molar-refractivity contribution is 0.302. The average molecular weight is 301 g/mol. The molecule has 0 aliphatic carbocycles. The van der Waals surface area contributed by atoms with Crippen LogP contribution in [0.3, 0.4) is 0 Å². The predicted octanol–water partition coefficient (Wildman–Crippen LogP) is 3.82. The summed E-state index contributed by atoms with van der Waals surface area (Å²) in [5.74, 6) is 0.843. The van der Waals surface area contributed by atoms with E-state index >= 15 is 0 Å². The van der Waals surface area contributed by atoms with E-state index in [4.69, 9.17) is 21.6 Å². The molecule has 3 nitrogen and oxygen atoms in total. The lowest BCUT2D eigenvalue weighted by atomic mass is 10.1. The Morgan fingerprint density at radius 1 is 1.19 bits per heavy atom. The first-order chi connectivity index (χ1) is 10.1. The van der Waals surface area contributed by atoms with Gasteiger partial charge in [0.2, 0.25) is 0 Å². The first-order valence-electron chi connectivity index (χ1n) is 6.69. The highest BCUT2D eigenvalue weighted by atomic mass is 35.5. The lowest BCUT2D eigenvalue weighted by Crippen LogP contribution is -2.08. The molecule has 0 amide bonds. The van der Waals surface area contributed by atoms with Crippen LogP contribution in [0.15, 0.2) is 36.4 Å². The molecule has 0 aromatic heterocycles. The summed E-state index contributed by atoms with van der Waals surface area (Å²) in [6.45, 7) is 3.18. The van der Waals surface area contributed by atoms with Gasteiger partial charge in [0.25, 0.3) is 0 Å². The molecule has 1 N–H and O–H groups in total. The Hall–Kier alpha value is -2.02. The fourth-order valence-corrected chi connectivity index (χ4v) is 2.30. The van der Waals surface area contributed by atoms with Crippen molar-refractivity contribution in [2.75, 3.05) is 7.05 Å². The van der Waals surface area contributed by atoms with Crippen LogP contribution in [0.25, 0.3) is 0 Å². The van der Waals surface area contributed by atoms with E-state index in [0.29, 0.717) is 17.2 Å². The van der Waals surface area contributed by atoms with Crippen molar-refractivity contribution >= 4 is 11.6 Å². The summed E-state index contributed by atoms with van der Waals surface area (Å²) in [7, 11) is 1.91. The van der Waals surface area contributed by atoms with Crippen molar-refractivity contribution in [3.05, 3.63) is 63.7 Å². The van der Waals surface area contributed by atoms with E-state index in [1.165, 1.54) is 5.56 Å². The topological polar surface area (TPSA) is 45.0 Å². The number of nitriles is 1. The molecule has 0 radical (unpaired) electrons. The first kappa shape index (κ1) is 15.4. The summed E-state index contributed by atoms with van der Waals surface area (Å²) in [5, 5.41) is 12.5. The minimum Gasteiger partial charge on any atom is -0.489 e. The van der Waals surface area contributed by atoms with Gasteiger partial charge in [0, 0.05) is 22.7 Å². The average Bonchev–Trinajstić information content (AvgIpc) is 2.48. The van der Waals surface area contributed by atoms with E-state index < -0.39 is 0 Å². The molecule has 0 saturated heterocycles. The predicted molar refractivity (Wildman–Crippen MR) is 84.4 cm³/mol. The van der Waals surface area contributed by atoms with Crippen LogP contribution in [0.4, 0.5) is 0 Å². The second-order valence-corrected chi connectivity index (χ2v) is 5.26. The molecular weight excluding hydrogens is 284 g/mol. The number of hydrogen-bond acceptors (Lipinski definition) is 3. The zero-order valence-electron chi connectivity index (χ0n) is 12.1. The fraction of sp³-hybridized carbons (Fsp3) is 0.235. The van der Waals surface area contributed by atoms with Gasteiger partial charge in [-0.3, -0.25) is 0 Å². The Kier molecular flexibility index (Phi) is 5.21. The van der Waals surface area contributed by atoms with Gasteiger partial charge >= 0.3 is 0 Å². The number of nitrogens with one attached hydrogen (secondary N) is 1. The highest BCUT2D eigenvalue weighted by Gasteiger charge is 2.06. The Bertz CT molecular complexity index is 677. The second kappa shape index (κ2) is 7.12. The van der Waals surface area contributed by atoms with E-state index in [9.17, 15) is 0 Å². The number of hydrogen-bond donors (Lipinski definition) is 1. The highest BCUT2D eigenvalue weighted by Crippen LogP contribution is 2.23. The molecular formula is C17H17ClN2O. The molecule has 0 saturated carbocycles. The summed E-state index contributed by atoms with van der Waals surface area (Å²) in [6.07, 6.45) is 0. The minimum atomic E-state index is 0.379. The van der Waals surface area contributed by atoms with Gasteiger partial charge in [-0.1, -0.05) is 35.4 Å². The molecule has 0 aliphatic heterocycles.